The lowest BCUT2D eigenvalue weighted by Gasteiger charge is -2.14. The van der Waals surface area contributed by atoms with Gasteiger partial charge in [-0.3, -0.25) is 4.79 Å². The van der Waals surface area contributed by atoms with Crippen molar-refractivity contribution in [3.8, 4) is 0 Å². The highest BCUT2D eigenvalue weighted by atomic mass is 79.9. The van der Waals surface area contributed by atoms with E-state index in [1.807, 2.05) is 24.3 Å². The smallest absolute Gasteiger partial charge is 0.306 e. The van der Waals surface area contributed by atoms with E-state index in [9.17, 15) is 13.2 Å². The zero-order valence-electron chi connectivity index (χ0n) is 10.7. The summed E-state index contributed by atoms with van der Waals surface area (Å²) in [7, 11) is -2.28. The Morgan fingerprint density at radius 1 is 1.37 bits per heavy atom. The van der Waals surface area contributed by atoms with Crippen LogP contribution in [0.15, 0.2) is 28.7 Å². The molecule has 0 bridgehead atoms. The molecule has 0 aliphatic carbocycles. The molecule has 1 aromatic carbocycles. The van der Waals surface area contributed by atoms with Crippen LogP contribution < -0.4 is 4.72 Å². The quantitative estimate of drug-likeness (QED) is 0.797. The summed E-state index contributed by atoms with van der Waals surface area (Å²) < 4.78 is 31.4. The number of sulfonamides is 1. The van der Waals surface area contributed by atoms with Crippen LogP contribution in [0.5, 0.6) is 0 Å². The summed E-state index contributed by atoms with van der Waals surface area (Å²) in [6.45, 7) is 1.75. The molecule has 7 heteroatoms. The van der Waals surface area contributed by atoms with E-state index in [1.165, 1.54) is 7.11 Å². The maximum atomic E-state index is 11.8. The second kappa shape index (κ2) is 7.02. The van der Waals surface area contributed by atoms with E-state index in [4.69, 9.17) is 0 Å². The molecule has 1 unspecified atom stereocenters. The van der Waals surface area contributed by atoms with Crippen LogP contribution >= 0.6 is 15.9 Å². The Kier molecular flexibility index (Phi) is 5.96. The number of methoxy groups -OCH3 is 1. The molecule has 106 valence electrons. The van der Waals surface area contributed by atoms with Crippen molar-refractivity contribution in [2.24, 2.45) is 0 Å². The summed E-state index contributed by atoms with van der Waals surface area (Å²) in [5.74, 6) is -0.817. The van der Waals surface area contributed by atoms with Crippen LogP contribution in [0.3, 0.4) is 0 Å². The van der Waals surface area contributed by atoms with Crippen molar-refractivity contribution in [3.05, 3.63) is 34.3 Å². The van der Waals surface area contributed by atoms with Crippen LogP contribution in [-0.4, -0.2) is 27.2 Å². The minimum Gasteiger partial charge on any atom is -0.469 e. The lowest BCUT2D eigenvalue weighted by Crippen LogP contribution is -2.30. The number of benzene rings is 1. The van der Waals surface area contributed by atoms with Crippen molar-refractivity contribution in [1.82, 2.24) is 4.72 Å². The van der Waals surface area contributed by atoms with Gasteiger partial charge in [0.2, 0.25) is 10.0 Å². The number of carbonyl (C=O) groups is 1. The molecule has 1 atom stereocenters. The Bertz CT molecular complexity index is 527. The zero-order valence-corrected chi connectivity index (χ0v) is 13.1. The van der Waals surface area contributed by atoms with Crippen molar-refractivity contribution in [2.75, 3.05) is 12.9 Å². The molecule has 0 amide bonds. The fourth-order valence-corrected chi connectivity index (χ4v) is 2.96. The van der Waals surface area contributed by atoms with Gasteiger partial charge in [-0.1, -0.05) is 28.1 Å². The summed E-state index contributed by atoms with van der Waals surface area (Å²) in [5.41, 5.74) is 0.852. The van der Waals surface area contributed by atoms with Gasteiger partial charge in [-0.2, -0.15) is 0 Å². The molecule has 0 aliphatic rings. The highest BCUT2D eigenvalue weighted by Crippen LogP contribution is 2.17. The highest BCUT2D eigenvalue weighted by molar-refractivity contribution is 9.10. The molecule has 0 saturated carbocycles. The SMILES string of the molecule is COC(=O)CCS(=O)(=O)NC(C)c1ccc(Br)cc1. The maximum Gasteiger partial charge on any atom is 0.306 e. The fourth-order valence-electron chi connectivity index (χ4n) is 1.47. The Labute approximate surface area is 121 Å². The number of hydrogen-bond donors (Lipinski definition) is 1. The van der Waals surface area contributed by atoms with Crippen LogP contribution in [0, 0.1) is 0 Å². The number of halogens is 1. The molecule has 1 aromatic rings. The highest BCUT2D eigenvalue weighted by Gasteiger charge is 2.17. The first-order valence-corrected chi connectivity index (χ1v) is 8.11. The largest absolute Gasteiger partial charge is 0.469 e. The van der Waals surface area contributed by atoms with Crippen molar-refractivity contribution >= 4 is 31.9 Å². The molecule has 1 N–H and O–H groups in total. The fraction of sp³-hybridized carbons (Fsp3) is 0.417. The van der Waals surface area contributed by atoms with Gasteiger partial charge in [0, 0.05) is 10.5 Å². The summed E-state index contributed by atoms with van der Waals surface area (Å²) in [4.78, 5) is 10.9. The van der Waals surface area contributed by atoms with E-state index >= 15 is 0 Å². The van der Waals surface area contributed by atoms with Crippen molar-refractivity contribution in [2.45, 2.75) is 19.4 Å². The van der Waals surface area contributed by atoms with Gasteiger partial charge < -0.3 is 4.74 Å². The molecule has 0 heterocycles. The molecule has 1 rings (SSSR count). The topological polar surface area (TPSA) is 72.5 Å². The second-order valence-electron chi connectivity index (χ2n) is 4.04. The zero-order chi connectivity index (χ0) is 14.5. The predicted octanol–water partition coefficient (Wildman–Crippen LogP) is 1.99. The van der Waals surface area contributed by atoms with Gasteiger partial charge >= 0.3 is 5.97 Å². The van der Waals surface area contributed by atoms with Gasteiger partial charge in [0.25, 0.3) is 0 Å². The monoisotopic (exact) mass is 349 g/mol. The number of rotatable bonds is 6. The predicted molar refractivity (Wildman–Crippen MR) is 76.1 cm³/mol. The molecule has 0 saturated heterocycles. The minimum absolute atomic E-state index is 0.154. The van der Waals surface area contributed by atoms with Gasteiger partial charge in [0.05, 0.1) is 19.3 Å². The summed E-state index contributed by atoms with van der Waals surface area (Å²) in [5, 5.41) is 0. The van der Waals surface area contributed by atoms with Crippen molar-refractivity contribution < 1.29 is 17.9 Å². The average molecular weight is 350 g/mol. The van der Waals surface area contributed by atoms with E-state index in [-0.39, 0.29) is 18.2 Å². The lowest BCUT2D eigenvalue weighted by molar-refractivity contribution is -0.140. The molecule has 0 radical (unpaired) electrons. The summed E-state index contributed by atoms with van der Waals surface area (Å²) in [6.07, 6.45) is -0.154. The van der Waals surface area contributed by atoms with E-state index in [0.29, 0.717) is 0 Å². The molecule has 5 nitrogen and oxygen atoms in total. The number of hydrogen-bond acceptors (Lipinski definition) is 4. The summed E-state index contributed by atoms with van der Waals surface area (Å²) in [6, 6.07) is 6.99. The van der Waals surface area contributed by atoms with Crippen LogP contribution in [-0.2, 0) is 19.6 Å². The van der Waals surface area contributed by atoms with Gasteiger partial charge in [-0.25, -0.2) is 13.1 Å². The first-order chi connectivity index (χ1) is 8.84. The number of ether oxygens (including phenoxy) is 1. The normalized spacial score (nSPS) is 13.0. The van der Waals surface area contributed by atoms with Crippen molar-refractivity contribution in [1.29, 1.82) is 0 Å². The van der Waals surface area contributed by atoms with Crippen LogP contribution in [0.1, 0.15) is 24.9 Å². The maximum absolute atomic E-state index is 11.8. The van der Waals surface area contributed by atoms with E-state index in [2.05, 4.69) is 25.4 Å². The Morgan fingerprint density at radius 2 is 1.95 bits per heavy atom. The molecule has 0 aliphatic heterocycles. The van der Waals surface area contributed by atoms with Crippen molar-refractivity contribution in [3.63, 3.8) is 0 Å². The van der Waals surface area contributed by atoms with Gasteiger partial charge in [-0.05, 0) is 24.6 Å². The Balaban J connectivity index is 2.62. The Morgan fingerprint density at radius 3 is 2.47 bits per heavy atom. The third-order valence-corrected chi connectivity index (χ3v) is 4.51. The number of nitrogens with one attached hydrogen (secondary N) is 1. The third-order valence-electron chi connectivity index (χ3n) is 2.53. The first kappa shape index (κ1) is 16.1. The average Bonchev–Trinajstić information content (AvgIpc) is 2.36. The minimum atomic E-state index is -3.51. The third kappa shape index (κ3) is 5.71. The second-order valence-corrected chi connectivity index (χ2v) is 6.83. The van der Waals surface area contributed by atoms with E-state index in [1.54, 1.807) is 6.92 Å². The molecule has 0 fully saturated rings. The molecular weight excluding hydrogens is 334 g/mol. The number of carbonyl (C=O) groups excluding carboxylic acids is 1. The Hall–Kier alpha value is -0.920. The van der Waals surface area contributed by atoms with E-state index < -0.39 is 16.0 Å². The lowest BCUT2D eigenvalue weighted by atomic mass is 10.1. The molecule has 19 heavy (non-hydrogen) atoms. The van der Waals surface area contributed by atoms with Crippen LogP contribution in [0.2, 0.25) is 0 Å². The standard InChI is InChI=1S/C12H16BrNO4S/c1-9(10-3-5-11(13)6-4-10)14-19(16,17)8-7-12(15)18-2/h3-6,9,14H,7-8H2,1-2H3. The van der Waals surface area contributed by atoms with Gasteiger partial charge in [0.15, 0.2) is 0 Å². The molecule has 0 aromatic heterocycles. The molecule has 0 spiro atoms. The number of esters is 1. The first-order valence-electron chi connectivity index (χ1n) is 5.66. The van der Waals surface area contributed by atoms with Crippen LogP contribution in [0.25, 0.3) is 0 Å². The van der Waals surface area contributed by atoms with Crippen LogP contribution in [0.4, 0.5) is 0 Å². The molecular formula is C12H16BrNO4S. The van der Waals surface area contributed by atoms with E-state index in [0.717, 1.165) is 10.0 Å². The van der Waals surface area contributed by atoms with Gasteiger partial charge in [0.1, 0.15) is 0 Å². The van der Waals surface area contributed by atoms with Gasteiger partial charge in [-0.15, -0.1) is 0 Å². The summed E-state index contributed by atoms with van der Waals surface area (Å²) >= 11 is 3.31.